The third kappa shape index (κ3) is 6.35. The Morgan fingerprint density at radius 2 is 1.15 bits per heavy atom. The summed E-state index contributed by atoms with van der Waals surface area (Å²) in [6.07, 6.45) is 0.838. The zero-order valence-corrected chi connectivity index (χ0v) is 26.2. The summed E-state index contributed by atoms with van der Waals surface area (Å²) in [7, 11) is 0. The molecule has 0 fully saturated rings. The van der Waals surface area contributed by atoms with Crippen LogP contribution >= 0.6 is 11.8 Å². The second-order valence-electron chi connectivity index (χ2n) is 11.0. The average Bonchev–Trinajstić information content (AvgIpc) is 3.44. The number of alkyl carbamates (subject to hydrolysis) is 1. The highest BCUT2D eigenvalue weighted by Crippen LogP contribution is 2.49. The average molecular weight is 626 g/mol. The number of fused-ring (bicyclic) bond motifs is 3. The van der Waals surface area contributed by atoms with Crippen molar-refractivity contribution in [1.29, 1.82) is 0 Å². The van der Waals surface area contributed by atoms with Crippen molar-refractivity contribution in [3.05, 3.63) is 180 Å². The lowest BCUT2D eigenvalue weighted by atomic mass is 9.84. The fourth-order valence-electron chi connectivity index (χ4n) is 6.17. The van der Waals surface area contributed by atoms with Crippen molar-refractivity contribution >= 4 is 23.8 Å². The highest BCUT2D eigenvalue weighted by Gasteiger charge is 2.39. The zero-order valence-electron chi connectivity index (χ0n) is 25.4. The molecule has 0 unspecified atom stereocenters. The zero-order chi connectivity index (χ0) is 31.8. The maximum atomic E-state index is 13.4. The van der Waals surface area contributed by atoms with Crippen LogP contribution < -0.4 is 5.32 Å². The number of thioether (sulfide) groups is 1. The molecule has 0 heterocycles. The molecular weight excluding hydrogens is 591 g/mol. The van der Waals surface area contributed by atoms with Gasteiger partial charge in [-0.1, -0.05) is 152 Å². The van der Waals surface area contributed by atoms with Crippen LogP contribution in [0.25, 0.3) is 11.1 Å². The first-order valence-corrected chi connectivity index (χ1v) is 16.3. The van der Waals surface area contributed by atoms with Crippen molar-refractivity contribution < 1.29 is 19.1 Å². The minimum Gasteiger partial charge on any atom is -0.460 e. The van der Waals surface area contributed by atoms with E-state index in [0.717, 1.165) is 38.9 Å². The number of hydrogen-bond acceptors (Lipinski definition) is 5. The van der Waals surface area contributed by atoms with Crippen molar-refractivity contribution in [3.8, 4) is 11.1 Å². The molecule has 46 heavy (non-hydrogen) atoms. The highest BCUT2D eigenvalue weighted by atomic mass is 32.2. The molecule has 230 valence electrons. The number of benzene rings is 5. The molecule has 5 nitrogen and oxygen atoms in total. The predicted octanol–water partition coefficient (Wildman–Crippen LogP) is 8.35. The van der Waals surface area contributed by atoms with E-state index in [9.17, 15) is 9.59 Å². The summed E-state index contributed by atoms with van der Waals surface area (Å²) in [5.74, 6) is -0.427. The van der Waals surface area contributed by atoms with Crippen LogP contribution in [0.1, 0.15) is 33.7 Å². The second kappa shape index (κ2) is 14.4. The Kier molecular flexibility index (Phi) is 9.65. The molecule has 1 aliphatic rings. The Morgan fingerprint density at radius 3 is 1.63 bits per heavy atom. The Balaban J connectivity index is 1.26. The Labute approximate surface area is 274 Å². The standard InChI is InChI=1S/C40H35NO4S/c1-2-26-44-38(42)37(41-39(43)45-27-36-34-24-14-12-22-32(34)33-23-13-15-25-35(33)36)28-46-40(29-16-6-3-7-17-29,30-18-8-4-9-19-30)31-20-10-5-11-21-31/h2-25,36-37H,1,26-28H2,(H,41,43)/t37-/m0/s1. The van der Waals surface area contributed by atoms with Crippen LogP contribution in [0.5, 0.6) is 0 Å². The number of carbonyl (C=O) groups excluding carboxylic acids is 2. The SMILES string of the molecule is C=CCOC(=O)[C@H](CSC(c1ccccc1)(c1ccccc1)c1ccccc1)NC(=O)OCC1c2ccccc2-c2ccccc21. The van der Waals surface area contributed by atoms with Gasteiger partial charge in [0.25, 0.3) is 0 Å². The van der Waals surface area contributed by atoms with Gasteiger partial charge in [-0.2, -0.15) is 0 Å². The van der Waals surface area contributed by atoms with Gasteiger partial charge < -0.3 is 14.8 Å². The van der Waals surface area contributed by atoms with Crippen LogP contribution in [0.4, 0.5) is 4.79 Å². The highest BCUT2D eigenvalue weighted by molar-refractivity contribution is 8.00. The largest absolute Gasteiger partial charge is 0.460 e. The summed E-state index contributed by atoms with van der Waals surface area (Å²) in [4.78, 5) is 26.8. The molecule has 0 spiro atoms. The molecule has 0 bridgehead atoms. The number of hydrogen-bond donors (Lipinski definition) is 1. The van der Waals surface area contributed by atoms with E-state index < -0.39 is 22.9 Å². The molecule has 1 aliphatic carbocycles. The maximum absolute atomic E-state index is 13.4. The first-order valence-electron chi connectivity index (χ1n) is 15.3. The minimum atomic E-state index is -0.976. The molecule has 1 atom stereocenters. The van der Waals surface area contributed by atoms with Crippen molar-refractivity contribution in [2.75, 3.05) is 19.0 Å². The summed E-state index contributed by atoms with van der Waals surface area (Å²) >= 11 is 1.57. The molecule has 5 aromatic carbocycles. The van der Waals surface area contributed by atoms with Gasteiger partial charge in [0, 0.05) is 11.7 Å². The van der Waals surface area contributed by atoms with Gasteiger partial charge in [-0.25, -0.2) is 9.59 Å². The van der Waals surface area contributed by atoms with Gasteiger partial charge in [0.05, 0.1) is 4.75 Å². The molecule has 0 aliphatic heterocycles. The monoisotopic (exact) mass is 625 g/mol. The van der Waals surface area contributed by atoms with Crippen molar-refractivity contribution in [1.82, 2.24) is 5.32 Å². The molecule has 0 saturated heterocycles. The van der Waals surface area contributed by atoms with Gasteiger partial charge in [0.2, 0.25) is 0 Å². The molecule has 6 heteroatoms. The van der Waals surface area contributed by atoms with E-state index in [2.05, 4.69) is 72.6 Å². The molecule has 5 aromatic rings. The fourth-order valence-corrected chi connectivity index (χ4v) is 7.71. The topological polar surface area (TPSA) is 64.6 Å². The Bertz CT molecular complexity index is 1650. The number of esters is 1. The molecule has 0 saturated carbocycles. The van der Waals surface area contributed by atoms with Crippen LogP contribution in [-0.4, -0.2) is 37.1 Å². The third-order valence-corrected chi connectivity index (χ3v) is 9.91. The molecule has 6 rings (SSSR count). The van der Waals surface area contributed by atoms with Crippen molar-refractivity contribution in [2.24, 2.45) is 0 Å². The van der Waals surface area contributed by atoms with E-state index in [1.54, 1.807) is 11.8 Å². The lowest BCUT2D eigenvalue weighted by Gasteiger charge is -2.36. The summed E-state index contributed by atoms with van der Waals surface area (Å²) in [6, 6.07) is 46.0. The molecule has 0 radical (unpaired) electrons. The van der Waals surface area contributed by atoms with Gasteiger partial charge in [-0.3, -0.25) is 0 Å². The first kappa shape index (κ1) is 30.9. The van der Waals surface area contributed by atoms with E-state index in [0.29, 0.717) is 0 Å². The van der Waals surface area contributed by atoms with Crippen LogP contribution in [-0.2, 0) is 19.0 Å². The summed E-state index contributed by atoms with van der Waals surface area (Å²) in [5.41, 5.74) is 7.69. The summed E-state index contributed by atoms with van der Waals surface area (Å²) in [6.45, 7) is 3.85. The van der Waals surface area contributed by atoms with Crippen molar-refractivity contribution in [2.45, 2.75) is 16.7 Å². The summed E-state index contributed by atoms with van der Waals surface area (Å²) < 4.78 is 10.6. The van der Waals surface area contributed by atoms with Crippen LogP contribution in [0.2, 0.25) is 0 Å². The summed E-state index contributed by atoms with van der Waals surface area (Å²) in [5, 5.41) is 2.83. The smallest absolute Gasteiger partial charge is 0.407 e. The Hall–Kier alpha value is -5.07. The molecule has 0 aromatic heterocycles. The third-order valence-electron chi connectivity index (χ3n) is 8.27. The van der Waals surface area contributed by atoms with Crippen LogP contribution in [0.15, 0.2) is 152 Å². The van der Waals surface area contributed by atoms with Gasteiger partial charge in [0.15, 0.2) is 0 Å². The van der Waals surface area contributed by atoms with E-state index >= 15 is 0 Å². The number of carbonyl (C=O) groups is 2. The van der Waals surface area contributed by atoms with Crippen molar-refractivity contribution in [3.63, 3.8) is 0 Å². The maximum Gasteiger partial charge on any atom is 0.407 e. The minimum absolute atomic E-state index is 0.0353. The number of amides is 1. The normalized spacial score (nSPS) is 12.8. The predicted molar refractivity (Wildman–Crippen MR) is 185 cm³/mol. The Morgan fingerprint density at radius 1 is 0.696 bits per heavy atom. The first-order chi connectivity index (χ1) is 22.6. The fraction of sp³-hybridized carbons (Fsp3) is 0.150. The quantitative estimate of drug-likeness (QED) is 0.0858. The second-order valence-corrected chi connectivity index (χ2v) is 12.3. The van der Waals surface area contributed by atoms with Gasteiger partial charge in [0.1, 0.15) is 19.3 Å². The van der Waals surface area contributed by atoms with Gasteiger partial charge in [-0.05, 0) is 38.9 Å². The van der Waals surface area contributed by atoms with E-state index in [4.69, 9.17) is 9.47 Å². The van der Waals surface area contributed by atoms with E-state index in [1.807, 2.05) is 78.9 Å². The number of rotatable bonds is 12. The number of ether oxygens (including phenoxy) is 2. The van der Waals surface area contributed by atoms with Gasteiger partial charge in [-0.15, -0.1) is 11.8 Å². The lowest BCUT2D eigenvalue weighted by molar-refractivity contribution is -0.144. The van der Waals surface area contributed by atoms with Crippen LogP contribution in [0, 0.1) is 0 Å². The molecular formula is C40H35NO4S. The molecule has 1 amide bonds. The van der Waals surface area contributed by atoms with E-state index in [1.165, 1.54) is 6.08 Å². The van der Waals surface area contributed by atoms with Crippen LogP contribution in [0.3, 0.4) is 0 Å². The molecule has 1 N–H and O–H groups in total. The number of nitrogens with one attached hydrogen (secondary N) is 1. The lowest BCUT2D eigenvalue weighted by Crippen LogP contribution is -2.45. The van der Waals surface area contributed by atoms with E-state index in [-0.39, 0.29) is 24.9 Å². The van der Waals surface area contributed by atoms with Gasteiger partial charge >= 0.3 is 12.1 Å².